The highest BCUT2D eigenvalue weighted by Gasteiger charge is 2.24. The SMILES string of the molecule is O=C(Nc1ccc(Cl)cc1)N1CCC(Oc2cnc3ccccc3n2)CC1. The molecule has 1 saturated heterocycles. The fourth-order valence-electron chi connectivity index (χ4n) is 3.08. The number of urea groups is 1. The van der Waals surface area contributed by atoms with E-state index in [1.165, 1.54) is 0 Å². The molecule has 6 nitrogen and oxygen atoms in total. The molecule has 0 unspecified atom stereocenters. The number of aromatic nitrogens is 2. The lowest BCUT2D eigenvalue weighted by atomic mass is 10.1. The molecule has 0 spiro atoms. The molecule has 1 aliphatic rings. The number of para-hydroxylation sites is 2. The summed E-state index contributed by atoms with van der Waals surface area (Å²) in [4.78, 5) is 23.0. The summed E-state index contributed by atoms with van der Waals surface area (Å²) in [6, 6.07) is 14.7. The average molecular weight is 383 g/mol. The number of benzene rings is 2. The number of hydrogen-bond acceptors (Lipinski definition) is 4. The van der Waals surface area contributed by atoms with Gasteiger partial charge in [0.2, 0.25) is 5.88 Å². The number of rotatable bonds is 3. The molecule has 1 fully saturated rings. The number of hydrogen-bond donors (Lipinski definition) is 1. The maximum atomic E-state index is 12.4. The van der Waals surface area contributed by atoms with Crippen LogP contribution in [0.3, 0.4) is 0 Å². The summed E-state index contributed by atoms with van der Waals surface area (Å²) in [6.07, 6.45) is 3.19. The molecule has 2 amide bonds. The highest BCUT2D eigenvalue weighted by Crippen LogP contribution is 2.20. The molecule has 138 valence electrons. The largest absolute Gasteiger partial charge is 0.473 e. The van der Waals surface area contributed by atoms with Crippen LogP contribution < -0.4 is 10.1 Å². The number of carbonyl (C=O) groups excluding carboxylic acids is 1. The standard InChI is InChI=1S/C20H19ClN4O2/c21-14-5-7-15(8-6-14)23-20(26)25-11-9-16(10-12-25)27-19-13-22-17-3-1-2-4-18(17)24-19/h1-8,13,16H,9-12H2,(H,23,26). The summed E-state index contributed by atoms with van der Waals surface area (Å²) in [5.74, 6) is 0.526. The van der Waals surface area contributed by atoms with Crippen molar-refractivity contribution in [2.45, 2.75) is 18.9 Å². The molecule has 2 heterocycles. The Kier molecular flexibility index (Phi) is 5.07. The number of fused-ring (bicyclic) bond motifs is 1. The molecule has 4 rings (SSSR count). The summed E-state index contributed by atoms with van der Waals surface area (Å²) >= 11 is 5.87. The number of halogens is 1. The summed E-state index contributed by atoms with van der Waals surface area (Å²) in [6.45, 7) is 1.26. The Balaban J connectivity index is 1.31. The normalized spacial score (nSPS) is 14.9. The maximum Gasteiger partial charge on any atom is 0.321 e. The molecule has 0 bridgehead atoms. The van der Waals surface area contributed by atoms with Gasteiger partial charge in [0, 0.05) is 36.6 Å². The number of likely N-dealkylation sites (tertiary alicyclic amines) is 1. The van der Waals surface area contributed by atoms with E-state index in [0.717, 1.165) is 29.6 Å². The molecule has 0 radical (unpaired) electrons. The lowest BCUT2D eigenvalue weighted by Gasteiger charge is -2.31. The first-order chi connectivity index (χ1) is 13.2. The highest BCUT2D eigenvalue weighted by molar-refractivity contribution is 6.30. The van der Waals surface area contributed by atoms with Crippen LogP contribution in [-0.2, 0) is 0 Å². The second-order valence-corrected chi connectivity index (χ2v) is 6.87. The van der Waals surface area contributed by atoms with Gasteiger partial charge in [-0.05, 0) is 36.4 Å². The quantitative estimate of drug-likeness (QED) is 0.730. The van der Waals surface area contributed by atoms with Crippen LogP contribution >= 0.6 is 11.6 Å². The average Bonchev–Trinajstić information content (AvgIpc) is 2.70. The summed E-state index contributed by atoms with van der Waals surface area (Å²) in [5.41, 5.74) is 2.39. The predicted molar refractivity (Wildman–Crippen MR) is 105 cm³/mol. The topological polar surface area (TPSA) is 67.4 Å². The minimum atomic E-state index is -0.110. The van der Waals surface area contributed by atoms with Gasteiger partial charge < -0.3 is 15.0 Å². The number of piperidine rings is 1. The Bertz CT molecular complexity index is 940. The van der Waals surface area contributed by atoms with Gasteiger partial charge in [0.15, 0.2) is 0 Å². The van der Waals surface area contributed by atoms with E-state index >= 15 is 0 Å². The van der Waals surface area contributed by atoms with Crippen LogP contribution in [0.1, 0.15) is 12.8 Å². The van der Waals surface area contributed by atoms with Crippen LogP contribution in [0.25, 0.3) is 11.0 Å². The van der Waals surface area contributed by atoms with Gasteiger partial charge in [0.05, 0.1) is 17.2 Å². The van der Waals surface area contributed by atoms with E-state index in [0.29, 0.717) is 24.0 Å². The summed E-state index contributed by atoms with van der Waals surface area (Å²) < 4.78 is 5.98. The van der Waals surface area contributed by atoms with E-state index in [-0.39, 0.29) is 12.1 Å². The predicted octanol–water partition coefficient (Wildman–Crippen LogP) is 4.36. The molecule has 7 heteroatoms. The first-order valence-corrected chi connectivity index (χ1v) is 9.25. The molecule has 3 aromatic rings. The molecule has 2 aromatic carbocycles. The number of nitrogens with zero attached hydrogens (tertiary/aromatic N) is 3. The van der Waals surface area contributed by atoms with Crippen LogP contribution in [0.5, 0.6) is 5.88 Å². The lowest BCUT2D eigenvalue weighted by molar-refractivity contribution is 0.111. The lowest BCUT2D eigenvalue weighted by Crippen LogP contribution is -2.43. The van der Waals surface area contributed by atoms with Crippen molar-refractivity contribution < 1.29 is 9.53 Å². The smallest absolute Gasteiger partial charge is 0.321 e. The van der Waals surface area contributed by atoms with E-state index in [1.54, 1.807) is 35.4 Å². The van der Waals surface area contributed by atoms with Gasteiger partial charge in [-0.2, -0.15) is 0 Å². The first-order valence-electron chi connectivity index (χ1n) is 8.87. The zero-order chi connectivity index (χ0) is 18.6. The van der Waals surface area contributed by atoms with Crippen molar-refractivity contribution >= 4 is 34.4 Å². The highest BCUT2D eigenvalue weighted by atomic mass is 35.5. The van der Waals surface area contributed by atoms with Gasteiger partial charge in [0.1, 0.15) is 6.10 Å². The van der Waals surface area contributed by atoms with Crippen molar-refractivity contribution in [2.24, 2.45) is 0 Å². The third-order valence-electron chi connectivity index (χ3n) is 4.54. The Morgan fingerprint density at radius 2 is 1.78 bits per heavy atom. The molecular formula is C20H19ClN4O2. The van der Waals surface area contributed by atoms with E-state index in [1.807, 2.05) is 24.3 Å². The van der Waals surface area contributed by atoms with Gasteiger partial charge in [-0.3, -0.25) is 0 Å². The van der Waals surface area contributed by atoms with E-state index < -0.39 is 0 Å². The van der Waals surface area contributed by atoms with Crippen molar-refractivity contribution in [3.63, 3.8) is 0 Å². The van der Waals surface area contributed by atoms with Gasteiger partial charge in [-0.15, -0.1) is 0 Å². The number of ether oxygens (including phenoxy) is 1. The van der Waals surface area contributed by atoms with Gasteiger partial charge in [-0.25, -0.2) is 14.8 Å². The number of amides is 2. The zero-order valence-electron chi connectivity index (χ0n) is 14.6. The van der Waals surface area contributed by atoms with Gasteiger partial charge >= 0.3 is 6.03 Å². The number of carbonyl (C=O) groups is 1. The van der Waals surface area contributed by atoms with Crippen molar-refractivity contribution in [1.82, 2.24) is 14.9 Å². The molecule has 1 N–H and O–H groups in total. The molecule has 1 aromatic heterocycles. The van der Waals surface area contributed by atoms with E-state index in [2.05, 4.69) is 15.3 Å². The second kappa shape index (κ2) is 7.80. The molecule has 0 aliphatic carbocycles. The monoisotopic (exact) mass is 382 g/mol. The second-order valence-electron chi connectivity index (χ2n) is 6.44. The number of anilines is 1. The number of nitrogens with one attached hydrogen (secondary N) is 1. The van der Waals surface area contributed by atoms with Crippen molar-refractivity contribution in [3.05, 3.63) is 59.8 Å². The van der Waals surface area contributed by atoms with E-state index in [4.69, 9.17) is 16.3 Å². The molecular weight excluding hydrogens is 364 g/mol. The first kappa shape index (κ1) is 17.5. The Morgan fingerprint density at radius 3 is 2.52 bits per heavy atom. The van der Waals surface area contributed by atoms with Crippen LogP contribution in [0.2, 0.25) is 5.02 Å². The van der Waals surface area contributed by atoms with Crippen LogP contribution in [0.15, 0.2) is 54.7 Å². The Morgan fingerprint density at radius 1 is 1.07 bits per heavy atom. The van der Waals surface area contributed by atoms with Crippen LogP contribution in [-0.4, -0.2) is 40.1 Å². The van der Waals surface area contributed by atoms with Crippen LogP contribution in [0.4, 0.5) is 10.5 Å². The van der Waals surface area contributed by atoms with Crippen molar-refractivity contribution in [2.75, 3.05) is 18.4 Å². The Labute approximate surface area is 162 Å². The van der Waals surface area contributed by atoms with Gasteiger partial charge in [-0.1, -0.05) is 23.7 Å². The molecule has 0 atom stereocenters. The molecule has 0 saturated carbocycles. The Hall–Kier alpha value is -2.86. The summed E-state index contributed by atoms with van der Waals surface area (Å²) in [7, 11) is 0. The van der Waals surface area contributed by atoms with E-state index in [9.17, 15) is 4.79 Å². The maximum absolute atomic E-state index is 12.4. The molecule has 1 aliphatic heterocycles. The third kappa shape index (κ3) is 4.28. The van der Waals surface area contributed by atoms with Gasteiger partial charge in [0.25, 0.3) is 0 Å². The third-order valence-corrected chi connectivity index (χ3v) is 4.79. The fraction of sp³-hybridized carbons (Fsp3) is 0.250. The minimum absolute atomic E-state index is 0.0278. The van der Waals surface area contributed by atoms with Crippen molar-refractivity contribution in [1.29, 1.82) is 0 Å². The minimum Gasteiger partial charge on any atom is -0.473 e. The van der Waals surface area contributed by atoms with Crippen LogP contribution in [0, 0.1) is 0 Å². The van der Waals surface area contributed by atoms with Crippen molar-refractivity contribution in [3.8, 4) is 5.88 Å². The fourth-order valence-corrected chi connectivity index (χ4v) is 3.21. The molecule has 27 heavy (non-hydrogen) atoms. The summed E-state index contributed by atoms with van der Waals surface area (Å²) in [5, 5.41) is 3.53. The zero-order valence-corrected chi connectivity index (χ0v) is 15.4.